The summed E-state index contributed by atoms with van der Waals surface area (Å²) < 4.78 is 0. The van der Waals surface area contributed by atoms with Crippen molar-refractivity contribution in [1.29, 1.82) is 0 Å². The molecule has 2 nitrogen and oxygen atoms in total. The summed E-state index contributed by atoms with van der Waals surface area (Å²) in [5.41, 5.74) is 5.41. The zero-order valence-corrected chi connectivity index (χ0v) is 8.92. The summed E-state index contributed by atoms with van der Waals surface area (Å²) in [7, 11) is 0. The number of nitrogens with two attached hydrogens (primary N) is 1. The SMILES string of the molecule is CCC(C)CC1(O)CCC(N)CC1. The fourth-order valence-electron chi connectivity index (χ4n) is 2.17. The minimum atomic E-state index is -0.398. The fraction of sp³-hybridized carbons (Fsp3) is 1.00. The van der Waals surface area contributed by atoms with Crippen molar-refractivity contribution in [2.24, 2.45) is 11.7 Å². The van der Waals surface area contributed by atoms with Crippen molar-refractivity contribution in [3.63, 3.8) is 0 Å². The Kier molecular flexibility index (Phi) is 3.74. The molecule has 0 spiro atoms. The van der Waals surface area contributed by atoms with Gasteiger partial charge in [0.05, 0.1) is 5.60 Å². The highest BCUT2D eigenvalue weighted by Crippen LogP contribution is 2.33. The lowest BCUT2D eigenvalue weighted by Gasteiger charge is -2.36. The van der Waals surface area contributed by atoms with Crippen LogP contribution in [0.3, 0.4) is 0 Å². The van der Waals surface area contributed by atoms with Gasteiger partial charge in [0.1, 0.15) is 0 Å². The van der Waals surface area contributed by atoms with Crippen LogP contribution >= 0.6 is 0 Å². The van der Waals surface area contributed by atoms with Crippen molar-refractivity contribution < 1.29 is 5.11 Å². The Morgan fingerprint density at radius 3 is 2.46 bits per heavy atom. The molecule has 1 saturated carbocycles. The average molecular weight is 185 g/mol. The number of hydrogen-bond acceptors (Lipinski definition) is 2. The van der Waals surface area contributed by atoms with Crippen molar-refractivity contribution in [3.8, 4) is 0 Å². The summed E-state index contributed by atoms with van der Waals surface area (Å²) in [5, 5.41) is 10.2. The molecule has 3 N–H and O–H groups in total. The third kappa shape index (κ3) is 3.28. The van der Waals surface area contributed by atoms with Crippen LogP contribution < -0.4 is 5.73 Å². The first-order chi connectivity index (χ1) is 6.06. The van der Waals surface area contributed by atoms with Crippen LogP contribution in [-0.2, 0) is 0 Å². The van der Waals surface area contributed by atoms with Gasteiger partial charge in [-0.3, -0.25) is 0 Å². The summed E-state index contributed by atoms with van der Waals surface area (Å²) in [6.07, 6.45) is 5.90. The van der Waals surface area contributed by atoms with Crippen LogP contribution in [0, 0.1) is 5.92 Å². The molecule has 0 heterocycles. The van der Waals surface area contributed by atoms with Crippen LogP contribution in [-0.4, -0.2) is 16.7 Å². The highest BCUT2D eigenvalue weighted by molar-refractivity contribution is 4.87. The minimum absolute atomic E-state index is 0.331. The van der Waals surface area contributed by atoms with E-state index >= 15 is 0 Å². The lowest BCUT2D eigenvalue weighted by Crippen LogP contribution is -2.39. The Morgan fingerprint density at radius 2 is 2.00 bits per heavy atom. The van der Waals surface area contributed by atoms with Gasteiger partial charge in [-0.1, -0.05) is 20.3 Å². The van der Waals surface area contributed by atoms with Crippen LogP contribution in [0.15, 0.2) is 0 Å². The van der Waals surface area contributed by atoms with E-state index in [0.29, 0.717) is 12.0 Å². The maximum atomic E-state index is 10.2. The Morgan fingerprint density at radius 1 is 1.46 bits per heavy atom. The van der Waals surface area contributed by atoms with E-state index in [1.807, 2.05) is 0 Å². The third-order valence-electron chi connectivity index (χ3n) is 3.39. The van der Waals surface area contributed by atoms with Crippen molar-refractivity contribution in [3.05, 3.63) is 0 Å². The molecule has 0 aromatic carbocycles. The molecule has 78 valence electrons. The predicted octanol–water partition coefficient (Wildman–Crippen LogP) is 2.05. The highest BCUT2D eigenvalue weighted by atomic mass is 16.3. The summed E-state index contributed by atoms with van der Waals surface area (Å²) in [5.74, 6) is 0.638. The third-order valence-corrected chi connectivity index (χ3v) is 3.39. The van der Waals surface area contributed by atoms with Crippen molar-refractivity contribution in [1.82, 2.24) is 0 Å². The van der Waals surface area contributed by atoms with E-state index in [0.717, 1.165) is 38.5 Å². The molecule has 0 aromatic heterocycles. The average Bonchev–Trinajstić information content (AvgIpc) is 2.10. The van der Waals surface area contributed by atoms with Crippen LogP contribution in [0.1, 0.15) is 52.4 Å². The molecule has 1 atom stereocenters. The Balaban J connectivity index is 2.38. The quantitative estimate of drug-likeness (QED) is 0.707. The van der Waals surface area contributed by atoms with Gasteiger partial charge in [0, 0.05) is 6.04 Å². The summed E-state index contributed by atoms with van der Waals surface area (Å²) in [4.78, 5) is 0. The van der Waals surface area contributed by atoms with E-state index < -0.39 is 5.60 Å². The molecule has 0 aromatic rings. The van der Waals surface area contributed by atoms with Gasteiger partial charge in [0.25, 0.3) is 0 Å². The zero-order chi connectivity index (χ0) is 9.90. The van der Waals surface area contributed by atoms with E-state index in [2.05, 4.69) is 13.8 Å². The summed E-state index contributed by atoms with van der Waals surface area (Å²) in [6.45, 7) is 4.40. The van der Waals surface area contributed by atoms with E-state index in [1.165, 1.54) is 0 Å². The lowest BCUT2D eigenvalue weighted by molar-refractivity contribution is -0.0198. The number of rotatable bonds is 3. The maximum Gasteiger partial charge on any atom is 0.0651 e. The maximum absolute atomic E-state index is 10.2. The second kappa shape index (κ2) is 4.43. The van der Waals surface area contributed by atoms with Gasteiger partial charge in [-0.15, -0.1) is 0 Å². The first kappa shape index (κ1) is 11.0. The topological polar surface area (TPSA) is 46.2 Å². The van der Waals surface area contributed by atoms with Gasteiger partial charge in [-0.05, 0) is 38.0 Å². The molecule has 1 fully saturated rings. The van der Waals surface area contributed by atoms with Crippen molar-refractivity contribution >= 4 is 0 Å². The fourth-order valence-corrected chi connectivity index (χ4v) is 2.17. The Labute approximate surface area is 81.5 Å². The molecule has 1 unspecified atom stereocenters. The second-order valence-electron chi connectivity index (χ2n) is 4.78. The molecule has 0 aliphatic heterocycles. The Bertz CT molecular complexity index is 150. The van der Waals surface area contributed by atoms with Crippen molar-refractivity contribution in [2.75, 3.05) is 0 Å². The van der Waals surface area contributed by atoms with Crippen LogP contribution in [0.25, 0.3) is 0 Å². The monoisotopic (exact) mass is 185 g/mol. The molecular weight excluding hydrogens is 162 g/mol. The van der Waals surface area contributed by atoms with Gasteiger partial charge in [0.15, 0.2) is 0 Å². The standard InChI is InChI=1S/C11H23NO/c1-3-9(2)8-11(13)6-4-10(12)5-7-11/h9-10,13H,3-8,12H2,1-2H3. The second-order valence-corrected chi connectivity index (χ2v) is 4.78. The van der Waals surface area contributed by atoms with Crippen LogP contribution in [0.4, 0.5) is 0 Å². The number of hydrogen-bond donors (Lipinski definition) is 2. The van der Waals surface area contributed by atoms with Gasteiger partial charge in [0.2, 0.25) is 0 Å². The van der Waals surface area contributed by atoms with Gasteiger partial charge < -0.3 is 10.8 Å². The smallest absolute Gasteiger partial charge is 0.0651 e. The van der Waals surface area contributed by atoms with Gasteiger partial charge >= 0.3 is 0 Å². The Hall–Kier alpha value is -0.0800. The largest absolute Gasteiger partial charge is 0.390 e. The number of aliphatic hydroxyl groups is 1. The molecule has 0 bridgehead atoms. The molecule has 2 heteroatoms. The lowest BCUT2D eigenvalue weighted by atomic mass is 9.77. The minimum Gasteiger partial charge on any atom is -0.390 e. The van der Waals surface area contributed by atoms with E-state index in [1.54, 1.807) is 0 Å². The normalized spacial score (nSPS) is 37.4. The first-order valence-corrected chi connectivity index (χ1v) is 5.54. The summed E-state index contributed by atoms with van der Waals surface area (Å²) in [6, 6.07) is 0.331. The van der Waals surface area contributed by atoms with E-state index in [4.69, 9.17) is 5.73 Å². The van der Waals surface area contributed by atoms with Crippen LogP contribution in [0.2, 0.25) is 0 Å². The molecule has 1 aliphatic carbocycles. The van der Waals surface area contributed by atoms with E-state index in [-0.39, 0.29) is 0 Å². The highest BCUT2D eigenvalue weighted by Gasteiger charge is 2.32. The molecule has 0 radical (unpaired) electrons. The molecule has 1 rings (SSSR count). The molecule has 0 saturated heterocycles. The molecular formula is C11H23NO. The van der Waals surface area contributed by atoms with Gasteiger partial charge in [-0.25, -0.2) is 0 Å². The summed E-state index contributed by atoms with van der Waals surface area (Å²) >= 11 is 0. The van der Waals surface area contributed by atoms with E-state index in [9.17, 15) is 5.11 Å². The zero-order valence-electron chi connectivity index (χ0n) is 8.92. The van der Waals surface area contributed by atoms with Gasteiger partial charge in [-0.2, -0.15) is 0 Å². The first-order valence-electron chi connectivity index (χ1n) is 5.54. The van der Waals surface area contributed by atoms with Crippen LogP contribution in [0.5, 0.6) is 0 Å². The molecule has 0 amide bonds. The predicted molar refractivity (Wildman–Crippen MR) is 55.5 cm³/mol. The van der Waals surface area contributed by atoms with Crippen molar-refractivity contribution in [2.45, 2.75) is 64.0 Å². The molecule has 1 aliphatic rings. The molecule has 13 heavy (non-hydrogen) atoms.